The molecule has 1 N–H and O–H groups in total. The fraction of sp³-hybridized carbons (Fsp3) is 0.240. The van der Waals surface area contributed by atoms with E-state index in [1.54, 1.807) is 23.2 Å². The number of nitrogens with zero attached hydrogens (tertiary/aromatic N) is 2. The lowest BCUT2D eigenvalue weighted by molar-refractivity contribution is -0.137. The Balaban J connectivity index is 1.29. The van der Waals surface area contributed by atoms with Crippen LogP contribution in [0.15, 0.2) is 70.2 Å². The Hall–Kier alpha value is -3.23. The van der Waals surface area contributed by atoms with Crippen molar-refractivity contribution in [2.45, 2.75) is 6.42 Å². The number of carbonyl (C=O) groups is 2. The zero-order valence-electron chi connectivity index (χ0n) is 18.0. The van der Waals surface area contributed by atoms with Crippen LogP contribution >= 0.6 is 15.9 Å². The number of hydrogen-bond donors (Lipinski definition) is 1. The normalized spacial score (nSPS) is 13.9. The van der Waals surface area contributed by atoms with Crippen molar-refractivity contribution >= 4 is 44.7 Å². The van der Waals surface area contributed by atoms with Gasteiger partial charge in [-0.3, -0.25) is 9.59 Å². The van der Waals surface area contributed by atoms with Crippen molar-refractivity contribution in [2.24, 2.45) is 5.10 Å². The number of carbonyl (C=O) groups excluding carboxylic acids is 2. The van der Waals surface area contributed by atoms with Gasteiger partial charge in [0.25, 0.3) is 5.91 Å². The van der Waals surface area contributed by atoms with E-state index in [1.807, 2.05) is 48.5 Å². The smallest absolute Gasteiger partial charge is 0.260 e. The number of fused-ring (bicyclic) bond motifs is 1. The number of ether oxygens (including phenoxy) is 2. The first-order valence-electron chi connectivity index (χ1n) is 10.7. The third-order valence-corrected chi connectivity index (χ3v) is 5.92. The Morgan fingerprint density at radius 2 is 1.88 bits per heavy atom. The van der Waals surface area contributed by atoms with Gasteiger partial charge in [0.2, 0.25) is 5.91 Å². The van der Waals surface area contributed by atoms with Crippen molar-refractivity contribution < 1.29 is 19.1 Å². The van der Waals surface area contributed by atoms with Gasteiger partial charge in [-0.1, -0.05) is 42.5 Å². The van der Waals surface area contributed by atoms with Crippen molar-refractivity contribution in [3.8, 4) is 5.75 Å². The van der Waals surface area contributed by atoms with Crippen LogP contribution in [-0.4, -0.2) is 55.8 Å². The Morgan fingerprint density at radius 1 is 1.09 bits per heavy atom. The second kappa shape index (κ2) is 11.1. The first-order chi connectivity index (χ1) is 16.1. The van der Waals surface area contributed by atoms with E-state index in [2.05, 4.69) is 26.5 Å². The van der Waals surface area contributed by atoms with Gasteiger partial charge in [0.1, 0.15) is 5.75 Å². The topological polar surface area (TPSA) is 80.2 Å². The van der Waals surface area contributed by atoms with Gasteiger partial charge in [-0.25, -0.2) is 5.43 Å². The summed E-state index contributed by atoms with van der Waals surface area (Å²) in [5.41, 5.74) is 4.31. The minimum Gasteiger partial charge on any atom is -0.483 e. The molecule has 0 aliphatic carbocycles. The molecule has 33 heavy (non-hydrogen) atoms. The molecule has 3 aromatic carbocycles. The van der Waals surface area contributed by atoms with E-state index in [9.17, 15) is 9.59 Å². The van der Waals surface area contributed by atoms with Crippen molar-refractivity contribution in [3.63, 3.8) is 0 Å². The fourth-order valence-corrected chi connectivity index (χ4v) is 4.11. The lowest BCUT2D eigenvalue weighted by Crippen LogP contribution is -2.43. The Kier molecular flexibility index (Phi) is 7.70. The number of nitrogens with one attached hydrogen (secondary N) is 1. The molecule has 0 spiro atoms. The van der Waals surface area contributed by atoms with E-state index in [4.69, 9.17) is 9.47 Å². The molecule has 1 saturated heterocycles. The van der Waals surface area contributed by atoms with Gasteiger partial charge < -0.3 is 14.4 Å². The van der Waals surface area contributed by atoms with Crippen molar-refractivity contribution in [3.05, 3.63) is 76.3 Å². The number of hydrazone groups is 1. The summed E-state index contributed by atoms with van der Waals surface area (Å²) in [5.74, 6) is 0.307. The van der Waals surface area contributed by atoms with E-state index >= 15 is 0 Å². The van der Waals surface area contributed by atoms with Crippen LogP contribution in [0.5, 0.6) is 5.75 Å². The van der Waals surface area contributed by atoms with Gasteiger partial charge >= 0.3 is 0 Å². The molecule has 7 nitrogen and oxygen atoms in total. The zero-order chi connectivity index (χ0) is 23.0. The number of halogens is 1. The Morgan fingerprint density at radius 3 is 2.70 bits per heavy atom. The molecule has 170 valence electrons. The van der Waals surface area contributed by atoms with Crippen LogP contribution in [0.25, 0.3) is 10.8 Å². The molecule has 8 heteroatoms. The van der Waals surface area contributed by atoms with Gasteiger partial charge in [-0.05, 0) is 56.0 Å². The van der Waals surface area contributed by atoms with Crippen LogP contribution in [0.4, 0.5) is 0 Å². The Labute approximate surface area is 200 Å². The highest BCUT2D eigenvalue weighted by Crippen LogP contribution is 2.25. The molecule has 2 amide bonds. The molecule has 0 atom stereocenters. The third kappa shape index (κ3) is 6.18. The van der Waals surface area contributed by atoms with Gasteiger partial charge in [0.15, 0.2) is 6.61 Å². The van der Waals surface area contributed by atoms with Crippen molar-refractivity contribution in [1.29, 1.82) is 0 Å². The lowest BCUT2D eigenvalue weighted by atomic mass is 10.0. The maximum absolute atomic E-state index is 12.3. The van der Waals surface area contributed by atoms with Crippen LogP contribution in [0.2, 0.25) is 0 Å². The predicted octanol–water partition coefficient (Wildman–Crippen LogP) is 3.53. The summed E-state index contributed by atoms with van der Waals surface area (Å²) in [7, 11) is 0. The molecule has 1 aliphatic heterocycles. The van der Waals surface area contributed by atoms with Crippen molar-refractivity contribution in [2.75, 3.05) is 32.9 Å². The van der Waals surface area contributed by atoms with Crippen LogP contribution in [0.3, 0.4) is 0 Å². The summed E-state index contributed by atoms with van der Waals surface area (Å²) in [6.45, 7) is 2.26. The van der Waals surface area contributed by atoms with Crippen LogP contribution in [-0.2, 0) is 20.7 Å². The third-order valence-electron chi connectivity index (χ3n) is 5.30. The second-order valence-corrected chi connectivity index (χ2v) is 8.43. The first-order valence-corrected chi connectivity index (χ1v) is 11.5. The summed E-state index contributed by atoms with van der Waals surface area (Å²) in [6, 6.07) is 19.3. The molecule has 0 bridgehead atoms. The highest BCUT2D eigenvalue weighted by atomic mass is 79.9. The maximum atomic E-state index is 12.3. The van der Waals surface area contributed by atoms with E-state index in [0.717, 1.165) is 21.9 Å². The van der Waals surface area contributed by atoms with Gasteiger partial charge in [0, 0.05) is 13.1 Å². The molecule has 0 aromatic heterocycles. The summed E-state index contributed by atoms with van der Waals surface area (Å²) in [5, 5.41) is 6.23. The molecule has 0 radical (unpaired) electrons. The fourth-order valence-electron chi connectivity index (χ4n) is 3.60. The standard InChI is InChI=1S/C25H24BrN3O4/c26-22-14-18(8-9-23(22)33-17-25(31)29-10-12-32-13-11-29)16-27-28-24(30)15-20-6-3-5-19-4-1-2-7-21(19)20/h1-9,14,16H,10-13,15,17H2,(H,28,30)/b27-16-. The monoisotopic (exact) mass is 509 g/mol. The van der Waals surface area contributed by atoms with Gasteiger partial charge in [-0.2, -0.15) is 5.10 Å². The second-order valence-electron chi connectivity index (χ2n) is 7.58. The molecule has 1 fully saturated rings. The predicted molar refractivity (Wildman–Crippen MR) is 130 cm³/mol. The van der Waals surface area contributed by atoms with Gasteiger partial charge in [0.05, 0.1) is 30.3 Å². The van der Waals surface area contributed by atoms with Gasteiger partial charge in [-0.15, -0.1) is 0 Å². The minimum atomic E-state index is -0.191. The van der Waals surface area contributed by atoms with E-state index in [1.165, 1.54) is 0 Å². The minimum absolute atomic E-state index is 0.0315. The quantitative estimate of drug-likeness (QED) is 0.390. The molecule has 1 aliphatic rings. The maximum Gasteiger partial charge on any atom is 0.260 e. The zero-order valence-corrected chi connectivity index (χ0v) is 19.6. The Bertz CT molecular complexity index is 1170. The van der Waals surface area contributed by atoms with E-state index in [0.29, 0.717) is 36.5 Å². The first kappa shape index (κ1) is 22.9. The van der Waals surface area contributed by atoms with Crippen LogP contribution < -0.4 is 10.2 Å². The molecule has 1 heterocycles. The summed E-state index contributed by atoms with van der Waals surface area (Å²) in [6.07, 6.45) is 1.81. The van der Waals surface area contributed by atoms with Crippen molar-refractivity contribution in [1.82, 2.24) is 10.3 Å². The number of amides is 2. The number of benzene rings is 3. The number of hydrogen-bond acceptors (Lipinski definition) is 5. The van der Waals surface area contributed by atoms with Crippen LogP contribution in [0.1, 0.15) is 11.1 Å². The lowest BCUT2D eigenvalue weighted by Gasteiger charge is -2.26. The molecule has 0 saturated carbocycles. The van der Waals surface area contributed by atoms with E-state index in [-0.39, 0.29) is 24.8 Å². The highest BCUT2D eigenvalue weighted by Gasteiger charge is 2.17. The average molecular weight is 510 g/mol. The SMILES string of the molecule is O=C(Cc1cccc2ccccc12)N/N=C\c1ccc(OCC(=O)N2CCOCC2)c(Br)c1. The van der Waals surface area contributed by atoms with Crippen LogP contribution in [0, 0.1) is 0 Å². The average Bonchev–Trinajstić information content (AvgIpc) is 2.84. The number of morpholine rings is 1. The summed E-state index contributed by atoms with van der Waals surface area (Å²) >= 11 is 3.46. The molecular weight excluding hydrogens is 486 g/mol. The van der Waals surface area contributed by atoms with E-state index < -0.39 is 0 Å². The highest BCUT2D eigenvalue weighted by molar-refractivity contribution is 9.10. The molecule has 3 aromatic rings. The summed E-state index contributed by atoms with van der Waals surface area (Å²) in [4.78, 5) is 26.3. The molecular formula is C25H24BrN3O4. The number of rotatable bonds is 7. The molecule has 0 unspecified atom stereocenters. The largest absolute Gasteiger partial charge is 0.483 e. The molecule has 4 rings (SSSR count). The summed E-state index contributed by atoms with van der Waals surface area (Å²) < 4.78 is 11.6.